The van der Waals surface area contributed by atoms with Crippen molar-refractivity contribution in [1.82, 2.24) is 9.97 Å². The Kier molecular flexibility index (Phi) is 3.32. The van der Waals surface area contributed by atoms with Gasteiger partial charge in [0.2, 0.25) is 0 Å². The molecule has 0 aliphatic rings. The van der Waals surface area contributed by atoms with Crippen LogP contribution in [0.25, 0.3) is 10.9 Å². The van der Waals surface area contributed by atoms with Gasteiger partial charge in [-0.2, -0.15) is 13.2 Å². The van der Waals surface area contributed by atoms with E-state index in [-0.39, 0.29) is 17.4 Å². The van der Waals surface area contributed by atoms with Crippen molar-refractivity contribution in [2.45, 2.75) is 25.6 Å². The number of nitrogen functional groups attached to an aromatic ring is 1. The molecule has 4 nitrogen and oxygen atoms in total. The highest BCUT2D eigenvalue weighted by molar-refractivity contribution is 5.88. The molecule has 0 aliphatic carbocycles. The summed E-state index contributed by atoms with van der Waals surface area (Å²) in [5.74, 6) is 0.508. The van der Waals surface area contributed by atoms with Gasteiger partial charge in [0.15, 0.2) is 0 Å². The molecular formula is C12H13F3N4. The minimum absolute atomic E-state index is 0.161. The Labute approximate surface area is 107 Å². The third kappa shape index (κ3) is 2.93. The van der Waals surface area contributed by atoms with Gasteiger partial charge in [0, 0.05) is 17.8 Å². The second kappa shape index (κ2) is 4.65. The van der Waals surface area contributed by atoms with Crippen molar-refractivity contribution in [2.24, 2.45) is 5.73 Å². The van der Waals surface area contributed by atoms with Gasteiger partial charge in [0.05, 0.1) is 11.1 Å². The van der Waals surface area contributed by atoms with E-state index < -0.39 is 11.7 Å². The number of rotatable bonds is 2. The summed E-state index contributed by atoms with van der Waals surface area (Å²) in [5, 5.41) is 0.404. The quantitative estimate of drug-likeness (QED) is 0.876. The number of fused-ring (bicyclic) bond motifs is 1. The molecule has 0 spiro atoms. The van der Waals surface area contributed by atoms with Gasteiger partial charge in [0.25, 0.3) is 0 Å². The van der Waals surface area contributed by atoms with E-state index in [1.807, 2.05) is 0 Å². The Hall–Kier alpha value is -1.89. The maximum Gasteiger partial charge on any atom is 0.416 e. The average molecular weight is 270 g/mol. The van der Waals surface area contributed by atoms with E-state index in [1.54, 1.807) is 6.92 Å². The van der Waals surface area contributed by atoms with Crippen LogP contribution in [0, 0.1) is 0 Å². The van der Waals surface area contributed by atoms with Crippen molar-refractivity contribution >= 4 is 16.7 Å². The summed E-state index contributed by atoms with van der Waals surface area (Å²) in [7, 11) is 0. The number of alkyl halides is 3. The molecule has 0 saturated carbocycles. The molecule has 1 heterocycles. The second-order valence-corrected chi connectivity index (χ2v) is 4.44. The number of halogens is 3. The fourth-order valence-electron chi connectivity index (χ4n) is 1.76. The first-order valence-electron chi connectivity index (χ1n) is 5.66. The zero-order chi connectivity index (χ0) is 14.2. The zero-order valence-electron chi connectivity index (χ0n) is 10.2. The molecule has 7 heteroatoms. The molecule has 0 aliphatic heterocycles. The number of nitrogens with two attached hydrogens (primary N) is 2. The molecule has 0 bridgehead atoms. The molecule has 1 aromatic heterocycles. The molecule has 1 aromatic carbocycles. The van der Waals surface area contributed by atoms with Crippen LogP contribution in [0.15, 0.2) is 18.2 Å². The third-order valence-corrected chi connectivity index (χ3v) is 2.60. The SMILES string of the molecule is CC(N)Cc1nc(N)c2ccc(C(F)(F)F)cc2n1. The summed E-state index contributed by atoms with van der Waals surface area (Å²) in [6, 6.07) is 3.02. The fraction of sp³-hybridized carbons (Fsp3) is 0.333. The molecule has 2 aromatic rings. The van der Waals surface area contributed by atoms with Crippen molar-refractivity contribution in [3.63, 3.8) is 0 Å². The van der Waals surface area contributed by atoms with Crippen LogP contribution in [0.5, 0.6) is 0 Å². The lowest BCUT2D eigenvalue weighted by molar-refractivity contribution is -0.137. The molecular weight excluding hydrogens is 257 g/mol. The molecule has 1 unspecified atom stereocenters. The topological polar surface area (TPSA) is 77.8 Å². The van der Waals surface area contributed by atoms with E-state index in [4.69, 9.17) is 11.5 Å². The van der Waals surface area contributed by atoms with Gasteiger partial charge in [-0.15, -0.1) is 0 Å². The van der Waals surface area contributed by atoms with E-state index in [9.17, 15) is 13.2 Å². The van der Waals surface area contributed by atoms with Crippen molar-refractivity contribution in [3.8, 4) is 0 Å². The van der Waals surface area contributed by atoms with Gasteiger partial charge < -0.3 is 11.5 Å². The van der Waals surface area contributed by atoms with Crippen molar-refractivity contribution in [1.29, 1.82) is 0 Å². The molecule has 2 rings (SSSR count). The predicted molar refractivity (Wildman–Crippen MR) is 66.3 cm³/mol. The van der Waals surface area contributed by atoms with E-state index in [0.717, 1.165) is 12.1 Å². The number of hydrogen-bond acceptors (Lipinski definition) is 4. The molecule has 19 heavy (non-hydrogen) atoms. The number of aromatic nitrogens is 2. The summed E-state index contributed by atoms with van der Waals surface area (Å²) in [5.41, 5.74) is 10.8. The van der Waals surface area contributed by atoms with Gasteiger partial charge in [-0.1, -0.05) is 0 Å². The Balaban J connectivity index is 2.56. The molecule has 0 radical (unpaired) electrons. The monoisotopic (exact) mass is 270 g/mol. The van der Waals surface area contributed by atoms with Crippen LogP contribution in [-0.4, -0.2) is 16.0 Å². The van der Waals surface area contributed by atoms with Crippen LogP contribution < -0.4 is 11.5 Å². The van der Waals surface area contributed by atoms with Crippen molar-refractivity contribution in [3.05, 3.63) is 29.6 Å². The Morgan fingerprint density at radius 3 is 2.53 bits per heavy atom. The van der Waals surface area contributed by atoms with Gasteiger partial charge >= 0.3 is 6.18 Å². The number of hydrogen-bond donors (Lipinski definition) is 2. The summed E-state index contributed by atoms with van der Waals surface area (Å²) >= 11 is 0. The lowest BCUT2D eigenvalue weighted by atomic mass is 10.1. The first-order chi connectivity index (χ1) is 8.77. The van der Waals surface area contributed by atoms with Crippen LogP contribution in [0.3, 0.4) is 0 Å². The van der Waals surface area contributed by atoms with Crippen LogP contribution in [0.4, 0.5) is 19.0 Å². The van der Waals surface area contributed by atoms with E-state index in [2.05, 4.69) is 9.97 Å². The minimum Gasteiger partial charge on any atom is -0.383 e. The maximum atomic E-state index is 12.6. The molecule has 0 amide bonds. The third-order valence-electron chi connectivity index (χ3n) is 2.60. The predicted octanol–water partition coefficient (Wildman–Crippen LogP) is 2.12. The zero-order valence-corrected chi connectivity index (χ0v) is 10.2. The Morgan fingerprint density at radius 1 is 1.26 bits per heavy atom. The van der Waals surface area contributed by atoms with Crippen LogP contribution >= 0.6 is 0 Å². The Morgan fingerprint density at radius 2 is 1.95 bits per heavy atom. The van der Waals surface area contributed by atoms with E-state index in [0.29, 0.717) is 17.6 Å². The van der Waals surface area contributed by atoms with Crippen LogP contribution in [0.1, 0.15) is 18.3 Å². The lowest BCUT2D eigenvalue weighted by Gasteiger charge is -2.10. The van der Waals surface area contributed by atoms with Crippen molar-refractivity contribution < 1.29 is 13.2 Å². The van der Waals surface area contributed by atoms with Crippen LogP contribution in [0.2, 0.25) is 0 Å². The minimum atomic E-state index is -4.41. The van der Waals surface area contributed by atoms with E-state index in [1.165, 1.54) is 6.07 Å². The molecule has 0 saturated heterocycles. The summed E-state index contributed by atoms with van der Waals surface area (Å²) in [6.45, 7) is 1.76. The number of benzene rings is 1. The summed E-state index contributed by atoms with van der Waals surface area (Å²) < 4.78 is 37.9. The smallest absolute Gasteiger partial charge is 0.383 e. The molecule has 102 valence electrons. The first-order valence-corrected chi connectivity index (χ1v) is 5.66. The van der Waals surface area contributed by atoms with E-state index >= 15 is 0 Å². The molecule has 0 fully saturated rings. The van der Waals surface area contributed by atoms with Crippen LogP contribution in [-0.2, 0) is 12.6 Å². The summed E-state index contributed by atoms with van der Waals surface area (Å²) in [6.07, 6.45) is -4.05. The van der Waals surface area contributed by atoms with Gasteiger partial charge in [-0.25, -0.2) is 9.97 Å². The molecule has 1 atom stereocenters. The highest BCUT2D eigenvalue weighted by Crippen LogP contribution is 2.31. The summed E-state index contributed by atoms with van der Waals surface area (Å²) in [4.78, 5) is 8.12. The Bertz CT molecular complexity index is 608. The lowest BCUT2D eigenvalue weighted by Crippen LogP contribution is -2.19. The van der Waals surface area contributed by atoms with Crippen molar-refractivity contribution in [2.75, 3.05) is 5.73 Å². The van der Waals surface area contributed by atoms with Gasteiger partial charge in [-0.3, -0.25) is 0 Å². The standard InChI is InChI=1S/C12H13F3N4/c1-6(16)4-10-18-9-5-7(12(13,14)15)2-3-8(9)11(17)19-10/h2-3,5-6H,4,16H2,1H3,(H2,17,18,19). The van der Waals surface area contributed by atoms with Gasteiger partial charge in [-0.05, 0) is 25.1 Å². The normalized spacial score (nSPS) is 13.7. The highest BCUT2D eigenvalue weighted by atomic mass is 19.4. The first kappa shape index (κ1) is 13.5. The number of anilines is 1. The maximum absolute atomic E-state index is 12.6. The number of nitrogens with zero attached hydrogens (tertiary/aromatic N) is 2. The molecule has 4 N–H and O–H groups in total. The average Bonchev–Trinajstić information content (AvgIpc) is 2.26. The second-order valence-electron chi connectivity index (χ2n) is 4.44. The fourth-order valence-corrected chi connectivity index (χ4v) is 1.76. The van der Waals surface area contributed by atoms with Gasteiger partial charge in [0.1, 0.15) is 11.6 Å². The highest BCUT2D eigenvalue weighted by Gasteiger charge is 2.30. The largest absolute Gasteiger partial charge is 0.416 e.